The highest BCUT2D eigenvalue weighted by atomic mass is 16.5. The summed E-state index contributed by atoms with van der Waals surface area (Å²) < 4.78 is 7.99. The molecule has 0 amide bonds. The first-order valence-electron chi connectivity index (χ1n) is 9.93. The van der Waals surface area contributed by atoms with Crippen molar-refractivity contribution < 1.29 is 4.52 Å². The van der Waals surface area contributed by atoms with E-state index in [2.05, 4.69) is 45.7 Å². The van der Waals surface area contributed by atoms with Crippen molar-refractivity contribution in [2.45, 2.75) is 83.3 Å². The highest BCUT2D eigenvalue weighted by Crippen LogP contribution is 2.35. The molecule has 2 aromatic heterocycles. The normalized spacial score (nSPS) is 22.9. The van der Waals surface area contributed by atoms with Gasteiger partial charge in [-0.25, -0.2) is 4.98 Å². The van der Waals surface area contributed by atoms with E-state index in [4.69, 9.17) is 4.52 Å². The van der Waals surface area contributed by atoms with Crippen LogP contribution in [0.4, 0.5) is 0 Å². The molecular weight excluding hydrogens is 312 g/mol. The molecule has 5 nitrogen and oxygen atoms in total. The summed E-state index contributed by atoms with van der Waals surface area (Å²) in [5.74, 6) is 1.39. The van der Waals surface area contributed by atoms with Gasteiger partial charge in [0, 0.05) is 30.8 Å². The number of rotatable bonds is 5. The molecule has 1 atom stereocenters. The van der Waals surface area contributed by atoms with Crippen LogP contribution in [-0.4, -0.2) is 26.2 Å². The second-order valence-corrected chi connectivity index (χ2v) is 8.02. The molecule has 5 heteroatoms. The monoisotopic (exact) mass is 342 g/mol. The smallest absolute Gasteiger partial charge is 0.139 e. The number of likely N-dealkylation sites (tertiary alicyclic amines) is 1. The van der Waals surface area contributed by atoms with Gasteiger partial charge in [-0.15, -0.1) is 0 Å². The summed E-state index contributed by atoms with van der Waals surface area (Å²) in [4.78, 5) is 7.02. The third kappa shape index (κ3) is 3.52. The molecule has 4 rings (SSSR count). The van der Waals surface area contributed by atoms with Crippen LogP contribution in [0.15, 0.2) is 23.1 Å². The van der Waals surface area contributed by atoms with Gasteiger partial charge in [-0.2, -0.15) is 0 Å². The number of hydrogen-bond donors (Lipinski definition) is 0. The number of nitrogens with zero attached hydrogens (tertiary/aromatic N) is 4. The van der Waals surface area contributed by atoms with Gasteiger partial charge in [-0.1, -0.05) is 38.3 Å². The molecule has 2 aromatic rings. The van der Waals surface area contributed by atoms with Crippen LogP contribution in [0.5, 0.6) is 0 Å². The quantitative estimate of drug-likeness (QED) is 0.780. The Kier molecular flexibility index (Phi) is 4.93. The van der Waals surface area contributed by atoms with Gasteiger partial charge in [0.2, 0.25) is 0 Å². The summed E-state index contributed by atoms with van der Waals surface area (Å²) in [5.41, 5.74) is 2.45. The molecule has 2 aliphatic rings. The Labute approximate surface area is 150 Å². The lowest BCUT2D eigenvalue weighted by molar-refractivity contribution is 0.225. The molecule has 3 heterocycles. The number of aromatic nitrogens is 3. The summed E-state index contributed by atoms with van der Waals surface area (Å²) >= 11 is 0. The lowest BCUT2D eigenvalue weighted by Crippen LogP contribution is -2.25. The van der Waals surface area contributed by atoms with Gasteiger partial charge >= 0.3 is 0 Å². The van der Waals surface area contributed by atoms with Gasteiger partial charge in [-0.05, 0) is 32.2 Å². The average molecular weight is 342 g/mol. The van der Waals surface area contributed by atoms with Crippen molar-refractivity contribution in [1.82, 2.24) is 19.6 Å². The van der Waals surface area contributed by atoms with Crippen LogP contribution in [0.2, 0.25) is 0 Å². The van der Waals surface area contributed by atoms with Gasteiger partial charge in [0.25, 0.3) is 0 Å². The Bertz CT molecular complexity index is 683. The molecule has 0 bridgehead atoms. The topological polar surface area (TPSA) is 47.1 Å². The van der Waals surface area contributed by atoms with E-state index < -0.39 is 0 Å². The molecule has 0 unspecified atom stereocenters. The van der Waals surface area contributed by atoms with Gasteiger partial charge < -0.3 is 9.09 Å². The van der Waals surface area contributed by atoms with Crippen LogP contribution in [0.3, 0.4) is 0 Å². The zero-order valence-corrected chi connectivity index (χ0v) is 15.5. The Morgan fingerprint density at radius 1 is 1.16 bits per heavy atom. The van der Waals surface area contributed by atoms with E-state index in [0.29, 0.717) is 18.0 Å². The fourth-order valence-electron chi connectivity index (χ4n) is 4.43. The van der Waals surface area contributed by atoms with E-state index in [1.54, 1.807) is 0 Å². The lowest BCUT2D eigenvalue weighted by Gasteiger charge is -2.27. The molecule has 2 fully saturated rings. The summed E-state index contributed by atoms with van der Waals surface area (Å²) in [5, 5.41) is 4.37. The lowest BCUT2D eigenvalue weighted by atomic mass is 9.95. The van der Waals surface area contributed by atoms with E-state index in [0.717, 1.165) is 24.5 Å². The number of imidazole rings is 1. The van der Waals surface area contributed by atoms with E-state index in [1.165, 1.54) is 50.6 Å². The second-order valence-electron chi connectivity index (χ2n) is 8.02. The first kappa shape index (κ1) is 16.8. The van der Waals surface area contributed by atoms with Crippen molar-refractivity contribution in [3.8, 4) is 0 Å². The third-order valence-corrected chi connectivity index (χ3v) is 5.90. The van der Waals surface area contributed by atoms with Crippen LogP contribution in [0, 0.1) is 0 Å². The van der Waals surface area contributed by atoms with Crippen LogP contribution in [0.1, 0.15) is 93.9 Å². The van der Waals surface area contributed by atoms with Gasteiger partial charge in [0.1, 0.15) is 11.5 Å². The molecule has 1 saturated heterocycles. The minimum absolute atomic E-state index is 0.381. The summed E-state index contributed by atoms with van der Waals surface area (Å²) in [7, 11) is 0. The molecule has 1 aliphatic carbocycles. The third-order valence-electron chi connectivity index (χ3n) is 5.90. The van der Waals surface area contributed by atoms with E-state index in [-0.39, 0.29) is 0 Å². The van der Waals surface area contributed by atoms with Crippen molar-refractivity contribution in [1.29, 1.82) is 0 Å². The van der Waals surface area contributed by atoms with Crippen molar-refractivity contribution >= 4 is 0 Å². The molecular formula is C20H30N4O. The SMILES string of the molecule is CC(C)c1cc([C@@H]2CCCN2Cc2cncn2C2CCCCC2)no1. The van der Waals surface area contributed by atoms with Gasteiger partial charge in [0.15, 0.2) is 0 Å². The first-order valence-corrected chi connectivity index (χ1v) is 9.93. The van der Waals surface area contributed by atoms with Crippen LogP contribution < -0.4 is 0 Å². The molecule has 1 aliphatic heterocycles. The predicted octanol–water partition coefficient (Wildman–Crippen LogP) is 4.84. The molecule has 0 N–H and O–H groups in total. The maximum Gasteiger partial charge on any atom is 0.139 e. The standard InChI is InChI=1S/C20H30N4O/c1-15(2)20-11-18(22-25-20)19-9-6-10-23(19)13-17-12-21-14-24(17)16-7-4-3-5-8-16/h11-12,14-16,19H,3-10,13H2,1-2H3/t19-/m0/s1. The van der Waals surface area contributed by atoms with E-state index in [1.807, 2.05) is 6.33 Å². The van der Waals surface area contributed by atoms with Crippen molar-refractivity contribution in [3.63, 3.8) is 0 Å². The van der Waals surface area contributed by atoms with Crippen LogP contribution in [-0.2, 0) is 6.54 Å². The Balaban J connectivity index is 1.49. The molecule has 0 radical (unpaired) electrons. The minimum atomic E-state index is 0.381. The molecule has 0 spiro atoms. The number of hydrogen-bond acceptors (Lipinski definition) is 4. The largest absolute Gasteiger partial charge is 0.361 e. The van der Waals surface area contributed by atoms with Gasteiger partial charge in [-0.3, -0.25) is 4.90 Å². The molecule has 25 heavy (non-hydrogen) atoms. The van der Waals surface area contributed by atoms with Gasteiger partial charge in [0.05, 0.1) is 18.1 Å². The second kappa shape index (κ2) is 7.32. The first-order chi connectivity index (χ1) is 12.2. The average Bonchev–Trinajstić information content (AvgIpc) is 3.36. The molecule has 0 aromatic carbocycles. The Morgan fingerprint density at radius 2 is 2.00 bits per heavy atom. The van der Waals surface area contributed by atoms with Crippen molar-refractivity contribution in [2.24, 2.45) is 0 Å². The summed E-state index contributed by atoms with van der Waals surface area (Å²) in [6.07, 6.45) is 13.2. The van der Waals surface area contributed by atoms with E-state index in [9.17, 15) is 0 Å². The fraction of sp³-hybridized carbons (Fsp3) is 0.700. The van der Waals surface area contributed by atoms with Crippen LogP contribution in [0.25, 0.3) is 0 Å². The Morgan fingerprint density at radius 3 is 2.76 bits per heavy atom. The maximum absolute atomic E-state index is 5.55. The highest BCUT2D eigenvalue weighted by Gasteiger charge is 2.30. The molecule has 1 saturated carbocycles. The molecule has 136 valence electrons. The summed E-state index contributed by atoms with van der Waals surface area (Å²) in [6.45, 7) is 6.40. The summed E-state index contributed by atoms with van der Waals surface area (Å²) in [6, 6.07) is 3.18. The minimum Gasteiger partial charge on any atom is -0.361 e. The Hall–Kier alpha value is -1.62. The van der Waals surface area contributed by atoms with Crippen molar-refractivity contribution in [2.75, 3.05) is 6.54 Å². The van der Waals surface area contributed by atoms with Crippen molar-refractivity contribution in [3.05, 3.63) is 35.7 Å². The van der Waals surface area contributed by atoms with Crippen LogP contribution >= 0.6 is 0 Å². The maximum atomic E-state index is 5.55. The zero-order valence-electron chi connectivity index (χ0n) is 15.5. The highest BCUT2D eigenvalue weighted by molar-refractivity contribution is 5.14. The zero-order chi connectivity index (χ0) is 17.2. The fourth-order valence-corrected chi connectivity index (χ4v) is 4.43. The van der Waals surface area contributed by atoms with E-state index >= 15 is 0 Å². The predicted molar refractivity (Wildman–Crippen MR) is 97.3 cm³/mol.